The summed E-state index contributed by atoms with van der Waals surface area (Å²) in [6.07, 6.45) is -4.72. The molecule has 0 aromatic heterocycles. The van der Waals surface area contributed by atoms with Gasteiger partial charge in [-0.2, -0.15) is 13.2 Å². The molecule has 1 aromatic carbocycles. The summed E-state index contributed by atoms with van der Waals surface area (Å²) in [7, 11) is 0. The number of anilines is 1. The molecule has 1 rings (SSSR count). The van der Waals surface area contributed by atoms with Crippen LogP contribution >= 0.6 is 23.2 Å². The molecule has 1 aromatic rings. The van der Waals surface area contributed by atoms with Crippen LogP contribution in [0.4, 0.5) is 18.9 Å². The molecule has 7 heteroatoms. The van der Waals surface area contributed by atoms with Crippen LogP contribution in [-0.4, -0.2) is 12.1 Å². The first-order valence-electron chi connectivity index (χ1n) is 5.95. The smallest absolute Gasteiger partial charge is 0.324 e. The van der Waals surface area contributed by atoms with Crippen LogP contribution in [0.2, 0.25) is 10.0 Å². The van der Waals surface area contributed by atoms with Gasteiger partial charge in [0.1, 0.15) is 5.41 Å². The molecule has 0 spiro atoms. The second-order valence-corrected chi connectivity index (χ2v) is 5.42. The zero-order valence-corrected chi connectivity index (χ0v) is 12.5. The highest BCUT2D eigenvalue weighted by Gasteiger charge is 2.55. The summed E-state index contributed by atoms with van der Waals surface area (Å²) in [5.74, 6) is -1.14. The van der Waals surface area contributed by atoms with Gasteiger partial charge in [0.25, 0.3) is 0 Å². The molecule has 0 radical (unpaired) electrons. The number of alkyl halides is 3. The molecule has 0 saturated carbocycles. The van der Waals surface area contributed by atoms with Crippen LogP contribution in [0, 0.1) is 5.41 Å². The summed E-state index contributed by atoms with van der Waals surface area (Å²) >= 11 is 11.6. The van der Waals surface area contributed by atoms with Gasteiger partial charge in [-0.15, -0.1) is 0 Å². The Balaban J connectivity index is 3.07. The average Bonchev–Trinajstić information content (AvgIpc) is 2.33. The molecular weight excluding hydrogens is 314 g/mol. The monoisotopic (exact) mass is 327 g/mol. The van der Waals surface area contributed by atoms with Crippen LogP contribution < -0.4 is 5.32 Å². The van der Waals surface area contributed by atoms with E-state index in [2.05, 4.69) is 5.32 Å². The highest BCUT2D eigenvalue weighted by molar-refractivity contribution is 6.44. The number of hydrogen-bond acceptors (Lipinski definition) is 1. The maximum atomic E-state index is 13.1. The molecule has 0 aliphatic carbocycles. The molecule has 1 unspecified atom stereocenters. The Bertz CT molecular complexity index is 505. The van der Waals surface area contributed by atoms with Crippen molar-refractivity contribution in [3.05, 3.63) is 28.2 Å². The molecule has 0 heterocycles. The normalized spacial score (nSPS) is 14.8. The lowest BCUT2D eigenvalue weighted by Crippen LogP contribution is -2.45. The Morgan fingerprint density at radius 1 is 1.30 bits per heavy atom. The Hall–Kier alpha value is -0.940. The van der Waals surface area contributed by atoms with E-state index < -0.39 is 17.5 Å². The van der Waals surface area contributed by atoms with Crippen molar-refractivity contribution in [1.29, 1.82) is 0 Å². The fraction of sp³-hybridized carbons (Fsp3) is 0.462. The fourth-order valence-corrected chi connectivity index (χ4v) is 2.09. The molecule has 20 heavy (non-hydrogen) atoms. The van der Waals surface area contributed by atoms with Crippen molar-refractivity contribution in [2.45, 2.75) is 32.9 Å². The van der Waals surface area contributed by atoms with Gasteiger partial charge < -0.3 is 5.32 Å². The van der Waals surface area contributed by atoms with Gasteiger partial charge in [-0.3, -0.25) is 4.79 Å². The lowest BCUT2D eigenvalue weighted by atomic mass is 9.83. The Labute approximate surface area is 125 Å². The minimum absolute atomic E-state index is 0.0172. The highest BCUT2D eigenvalue weighted by atomic mass is 35.5. The van der Waals surface area contributed by atoms with Gasteiger partial charge in [0, 0.05) is 0 Å². The first-order chi connectivity index (χ1) is 9.13. The van der Waals surface area contributed by atoms with Crippen molar-refractivity contribution < 1.29 is 18.0 Å². The average molecular weight is 328 g/mol. The summed E-state index contributed by atoms with van der Waals surface area (Å²) in [5.41, 5.74) is -2.40. The van der Waals surface area contributed by atoms with E-state index in [0.717, 1.165) is 6.92 Å². The van der Waals surface area contributed by atoms with Crippen molar-refractivity contribution >= 4 is 34.8 Å². The number of carbonyl (C=O) groups is 1. The molecule has 0 aliphatic heterocycles. The van der Waals surface area contributed by atoms with Gasteiger partial charge >= 0.3 is 6.18 Å². The lowest BCUT2D eigenvalue weighted by Gasteiger charge is -2.30. The number of amides is 1. The molecule has 0 bridgehead atoms. The quantitative estimate of drug-likeness (QED) is 0.798. The summed E-state index contributed by atoms with van der Waals surface area (Å²) < 4.78 is 39.3. The predicted octanol–water partition coefficient (Wildman–Crippen LogP) is 5.30. The van der Waals surface area contributed by atoms with Gasteiger partial charge in [0.05, 0.1) is 15.7 Å². The third-order valence-corrected chi connectivity index (χ3v) is 3.90. The number of benzene rings is 1. The first-order valence-corrected chi connectivity index (χ1v) is 6.71. The van der Waals surface area contributed by atoms with Gasteiger partial charge in [-0.25, -0.2) is 0 Å². The standard InChI is InChI=1S/C13H14Cl2F3NO/c1-3-7-12(2,13(16,17)18)11(20)19-9-6-4-5-8(14)10(9)15/h4-6H,3,7H2,1-2H3,(H,19,20). The Morgan fingerprint density at radius 3 is 2.40 bits per heavy atom. The maximum Gasteiger partial charge on any atom is 0.402 e. The third-order valence-electron chi connectivity index (χ3n) is 3.08. The molecule has 2 nitrogen and oxygen atoms in total. The van der Waals surface area contributed by atoms with Crippen molar-refractivity contribution in [3.63, 3.8) is 0 Å². The van der Waals surface area contributed by atoms with E-state index in [9.17, 15) is 18.0 Å². The van der Waals surface area contributed by atoms with Gasteiger partial charge in [0.15, 0.2) is 0 Å². The molecule has 112 valence electrons. The molecular formula is C13H14Cl2F3NO. The maximum absolute atomic E-state index is 13.1. The van der Waals surface area contributed by atoms with Gasteiger partial charge in [-0.1, -0.05) is 42.6 Å². The Morgan fingerprint density at radius 2 is 1.90 bits per heavy atom. The zero-order valence-electron chi connectivity index (χ0n) is 10.9. The van der Waals surface area contributed by atoms with E-state index in [1.807, 2.05) is 0 Å². The minimum atomic E-state index is -4.64. The van der Waals surface area contributed by atoms with Crippen molar-refractivity contribution in [2.24, 2.45) is 5.41 Å². The summed E-state index contributed by atoms with van der Waals surface area (Å²) in [6, 6.07) is 4.37. The van der Waals surface area contributed by atoms with Crippen LogP contribution in [-0.2, 0) is 4.79 Å². The van der Waals surface area contributed by atoms with Crippen molar-refractivity contribution in [2.75, 3.05) is 5.32 Å². The number of carbonyl (C=O) groups excluding carboxylic acids is 1. The fourth-order valence-electron chi connectivity index (χ4n) is 1.74. The number of halogens is 5. The van der Waals surface area contributed by atoms with E-state index >= 15 is 0 Å². The molecule has 1 atom stereocenters. The van der Waals surface area contributed by atoms with Crippen LogP contribution in [0.3, 0.4) is 0 Å². The van der Waals surface area contributed by atoms with Crippen LogP contribution in [0.5, 0.6) is 0 Å². The van der Waals surface area contributed by atoms with Gasteiger partial charge in [-0.05, 0) is 25.5 Å². The number of nitrogens with one attached hydrogen (secondary N) is 1. The van der Waals surface area contributed by atoms with Crippen molar-refractivity contribution in [1.82, 2.24) is 0 Å². The largest absolute Gasteiger partial charge is 0.402 e. The lowest BCUT2D eigenvalue weighted by molar-refractivity contribution is -0.215. The second kappa shape index (κ2) is 6.22. The van der Waals surface area contributed by atoms with E-state index in [0.29, 0.717) is 0 Å². The van der Waals surface area contributed by atoms with Gasteiger partial charge in [0.2, 0.25) is 5.91 Å². The van der Waals surface area contributed by atoms with E-state index in [1.165, 1.54) is 18.2 Å². The van der Waals surface area contributed by atoms with Crippen LogP contribution in [0.15, 0.2) is 18.2 Å². The predicted molar refractivity (Wildman–Crippen MR) is 74.2 cm³/mol. The Kier molecular flexibility index (Phi) is 5.33. The summed E-state index contributed by atoms with van der Waals surface area (Å²) in [6.45, 7) is 2.47. The van der Waals surface area contributed by atoms with Crippen LogP contribution in [0.1, 0.15) is 26.7 Å². The third kappa shape index (κ3) is 3.38. The minimum Gasteiger partial charge on any atom is -0.324 e. The van der Waals surface area contributed by atoms with E-state index in [-0.39, 0.29) is 28.6 Å². The summed E-state index contributed by atoms with van der Waals surface area (Å²) in [4.78, 5) is 12.0. The topological polar surface area (TPSA) is 29.1 Å². The molecule has 1 N–H and O–H groups in total. The number of rotatable bonds is 4. The number of hydrogen-bond donors (Lipinski definition) is 1. The molecule has 1 amide bonds. The van der Waals surface area contributed by atoms with Crippen molar-refractivity contribution in [3.8, 4) is 0 Å². The molecule has 0 saturated heterocycles. The van der Waals surface area contributed by atoms with E-state index in [1.54, 1.807) is 6.92 Å². The molecule has 0 aliphatic rings. The molecule has 0 fully saturated rings. The van der Waals surface area contributed by atoms with E-state index in [4.69, 9.17) is 23.2 Å². The highest BCUT2D eigenvalue weighted by Crippen LogP contribution is 2.43. The summed E-state index contributed by atoms with van der Waals surface area (Å²) in [5, 5.41) is 2.39. The SMILES string of the molecule is CCCC(C)(C(=O)Nc1cccc(Cl)c1Cl)C(F)(F)F. The van der Waals surface area contributed by atoms with Crippen LogP contribution in [0.25, 0.3) is 0 Å². The first kappa shape index (κ1) is 17.1. The second-order valence-electron chi connectivity index (χ2n) is 4.64. The zero-order chi connectivity index (χ0) is 15.6.